The van der Waals surface area contributed by atoms with Crippen molar-refractivity contribution in [2.24, 2.45) is 0 Å². The minimum absolute atomic E-state index is 0.148. The molecule has 2 aliphatic rings. The molecule has 5 nitrogen and oxygen atoms in total. The summed E-state index contributed by atoms with van der Waals surface area (Å²) in [6.07, 6.45) is 1.99. The number of likely N-dealkylation sites (tertiary alicyclic amines) is 1. The average molecular weight is 391 g/mol. The third-order valence-corrected chi connectivity index (χ3v) is 5.18. The summed E-state index contributed by atoms with van der Waals surface area (Å²) in [6.45, 7) is 2.19. The van der Waals surface area contributed by atoms with Crippen molar-refractivity contribution >= 4 is 23.2 Å². The van der Waals surface area contributed by atoms with Crippen LogP contribution < -0.4 is 14.8 Å². The second kappa shape index (κ2) is 7.74. The van der Waals surface area contributed by atoms with Crippen LogP contribution in [0.4, 0.5) is 10.1 Å². The van der Waals surface area contributed by atoms with Gasteiger partial charge >= 0.3 is 0 Å². The molecule has 2 aromatic rings. The number of carbonyl (C=O) groups excluding carboxylic acids is 1. The average Bonchev–Trinajstić information content (AvgIpc) is 3.11. The Hall–Kier alpha value is -2.31. The van der Waals surface area contributed by atoms with Crippen LogP contribution in [0.5, 0.6) is 11.5 Å². The van der Waals surface area contributed by atoms with Crippen molar-refractivity contribution in [3.8, 4) is 11.5 Å². The molecule has 142 valence electrons. The Labute approximate surface area is 162 Å². The second-order valence-corrected chi connectivity index (χ2v) is 7.11. The predicted molar refractivity (Wildman–Crippen MR) is 101 cm³/mol. The minimum Gasteiger partial charge on any atom is -0.486 e. The first-order valence-corrected chi connectivity index (χ1v) is 9.36. The highest BCUT2D eigenvalue weighted by atomic mass is 35.5. The van der Waals surface area contributed by atoms with Crippen LogP contribution in [0.25, 0.3) is 0 Å². The summed E-state index contributed by atoms with van der Waals surface area (Å²) in [5.41, 5.74) is 1.53. The normalized spacial score (nSPS) is 19.1. The third-order valence-electron chi connectivity index (χ3n) is 4.87. The number of fused-ring (bicyclic) bond motifs is 1. The monoisotopic (exact) mass is 390 g/mol. The maximum atomic E-state index is 13.1. The van der Waals surface area contributed by atoms with Gasteiger partial charge in [0.15, 0.2) is 11.5 Å². The van der Waals surface area contributed by atoms with Gasteiger partial charge in [-0.15, -0.1) is 0 Å². The van der Waals surface area contributed by atoms with Gasteiger partial charge in [0.1, 0.15) is 19.0 Å². The van der Waals surface area contributed by atoms with Crippen LogP contribution in [0, 0.1) is 5.82 Å². The number of benzene rings is 2. The molecule has 1 fully saturated rings. The summed E-state index contributed by atoms with van der Waals surface area (Å²) in [6, 6.07) is 10.0. The Morgan fingerprint density at radius 2 is 2.00 bits per heavy atom. The number of hydrogen-bond donors (Lipinski definition) is 1. The number of nitrogens with one attached hydrogen (secondary N) is 1. The molecular formula is C20H20ClFN2O3. The zero-order valence-electron chi connectivity index (χ0n) is 14.7. The van der Waals surface area contributed by atoms with Crippen molar-refractivity contribution in [2.75, 3.05) is 31.6 Å². The molecule has 1 amide bonds. The lowest BCUT2D eigenvalue weighted by atomic mass is 10.0. The van der Waals surface area contributed by atoms with Gasteiger partial charge in [0.2, 0.25) is 5.91 Å². The summed E-state index contributed by atoms with van der Waals surface area (Å²) in [5, 5.41) is 2.95. The van der Waals surface area contributed by atoms with Gasteiger partial charge in [-0.05, 0) is 55.3 Å². The van der Waals surface area contributed by atoms with E-state index in [1.165, 1.54) is 18.2 Å². The molecule has 7 heteroatoms. The first-order valence-electron chi connectivity index (χ1n) is 8.98. The first-order chi connectivity index (χ1) is 13.1. The van der Waals surface area contributed by atoms with Gasteiger partial charge in [-0.25, -0.2) is 4.39 Å². The Balaban J connectivity index is 1.44. The highest BCUT2D eigenvalue weighted by Crippen LogP contribution is 2.38. The topological polar surface area (TPSA) is 50.8 Å². The van der Waals surface area contributed by atoms with Crippen LogP contribution in [0.3, 0.4) is 0 Å². The molecule has 0 radical (unpaired) electrons. The summed E-state index contributed by atoms with van der Waals surface area (Å²) < 4.78 is 24.4. The highest BCUT2D eigenvalue weighted by Gasteiger charge is 2.29. The lowest BCUT2D eigenvalue weighted by molar-refractivity contribution is -0.117. The van der Waals surface area contributed by atoms with Crippen LogP contribution in [0.1, 0.15) is 24.4 Å². The fraction of sp³-hybridized carbons (Fsp3) is 0.350. The van der Waals surface area contributed by atoms with Gasteiger partial charge in [0.25, 0.3) is 0 Å². The molecule has 0 aromatic heterocycles. The zero-order valence-corrected chi connectivity index (χ0v) is 15.5. The molecule has 0 bridgehead atoms. The van der Waals surface area contributed by atoms with Gasteiger partial charge in [-0.3, -0.25) is 9.69 Å². The van der Waals surface area contributed by atoms with E-state index < -0.39 is 5.82 Å². The Kier molecular flexibility index (Phi) is 5.18. The number of nitrogens with zero attached hydrogens (tertiary/aromatic N) is 1. The molecule has 2 aliphatic heterocycles. The van der Waals surface area contributed by atoms with Gasteiger partial charge in [-0.1, -0.05) is 17.7 Å². The molecule has 0 aliphatic carbocycles. The third kappa shape index (κ3) is 4.01. The molecule has 1 saturated heterocycles. The SMILES string of the molecule is O=C(CN1CCC[C@H]1c1ccc2c(c1)OCCO2)Nc1ccc(F)cc1Cl. The number of carbonyl (C=O) groups is 1. The fourth-order valence-electron chi connectivity index (χ4n) is 3.63. The minimum atomic E-state index is -0.434. The zero-order chi connectivity index (χ0) is 18.8. The Morgan fingerprint density at radius 1 is 1.19 bits per heavy atom. The van der Waals surface area contributed by atoms with Crippen molar-refractivity contribution in [3.63, 3.8) is 0 Å². The van der Waals surface area contributed by atoms with Crippen LogP contribution >= 0.6 is 11.6 Å². The summed E-state index contributed by atoms with van der Waals surface area (Å²) in [4.78, 5) is 14.6. The molecule has 2 heterocycles. The lowest BCUT2D eigenvalue weighted by Gasteiger charge is -2.26. The fourth-order valence-corrected chi connectivity index (χ4v) is 3.84. The van der Waals surface area contributed by atoms with Gasteiger partial charge in [-0.2, -0.15) is 0 Å². The number of anilines is 1. The van der Waals surface area contributed by atoms with Crippen molar-refractivity contribution in [3.05, 3.63) is 52.8 Å². The number of rotatable bonds is 4. The van der Waals surface area contributed by atoms with Gasteiger partial charge in [0.05, 0.1) is 17.3 Å². The maximum Gasteiger partial charge on any atom is 0.238 e. The molecule has 0 unspecified atom stereocenters. The van der Waals surface area contributed by atoms with Crippen LogP contribution in [-0.4, -0.2) is 37.1 Å². The van der Waals surface area contributed by atoms with Crippen molar-refractivity contribution in [1.29, 1.82) is 0 Å². The Bertz CT molecular complexity index is 861. The van der Waals surface area contributed by atoms with E-state index in [4.69, 9.17) is 21.1 Å². The summed E-state index contributed by atoms with van der Waals surface area (Å²) >= 11 is 5.99. The van der Waals surface area contributed by atoms with Crippen molar-refractivity contribution in [1.82, 2.24) is 4.90 Å². The summed E-state index contributed by atoms with van der Waals surface area (Å²) in [5.74, 6) is 0.913. The lowest BCUT2D eigenvalue weighted by Crippen LogP contribution is -2.33. The van der Waals surface area contributed by atoms with E-state index >= 15 is 0 Å². The van der Waals surface area contributed by atoms with E-state index in [1.807, 2.05) is 18.2 Å². The highest BCUT2D eigenvalue weighted by molar-refractivity contribution is 6.33. The molecular weight excluding hydrogens is 371 g/mol. The van der Waals surface area contributed by atoms with Crippen molar-refractivity contribution in [2.45, 2.75) is 18.9 Å². The van der Waals surface area contributed by atoms with Crippen LogP contribution in [0.15, 0.2) is 36.4 Å². The van der Waals surface area contributed by atoms with Crippen molar-refractivity contribution < 1.29 is 18.7 Å². The number of ether oxygens (including phenoxy) is 2. The van der Waals surface area contributed by atoms with E-state index in [2.05, 4.69) is 10.2 Å². The molecule has 1 N–H and O–H groups in total. The van der Waals surface area contributed by atoms with E-state index in [9.17, 15) is 9.18 Å². The quantitative estimate of drug-likeness (QED) is 0.856. The molecule has 4 rings (SSSR count). The first kappa shape index (κ1) is 18.1. The number of amides is 1. The second-order valence-electron chi connectivity index (χ2n) is 6.70. The molecule has 2 aromatic carbocycles. The van der Waals surface area contributed by atoms with E-state index in [1.54, 1.807) is 0 Å². The molecule has 0 spiro atoms. The molecule has 27 heavy (non-hydrogen) atoms. The Morgan fingerprint density at radius 3 is 2.81 bits per heavy atom. The van der Waals surface area contributed by atoms with Crippen LogP contribution in [0.2, 0.25) is 5.02 Å². The standard InChI is InChI=1S/C20H20ClFN2O3/c21-15-11-14(22)4-5-16(15)23-20(25)12-24-7-1-2-17(24)13-3-6-18-19(10-13)27-9-8-26-18/h3-6,10-11,17H,1-2,7-9,12H2,(H,23,25)/t17-/m0/s1. The largest absolute Gasteiger partial charge is 0.486 e. The molecule has 1 atom stereocenters. The van der Waals surface area contributed by atoms with Gasteiger partial charge in [0, 0.05) is 6.04 Å². The number of hydrogen-bond acceptors (Lipinski definition) is 4. The van der Waals surface area contributed by atoms with Gasteiger partial charge < -0.3 is 14.8 Å². The van der Waals surface area contributed by atoms with Crippen LogP contribution in [-0.2, 0) is 4.79 Å². The maximum absolute atomic E-state index is 13.1. The smallest absolute Gasteiger partial charge is 0.238 e. The molecule has 0 saturated carbocycles. The van der Waals surface area contributed by atoms with E-state index in [-0.39, 0.29) is 23.5 Å². The predicted octanol–water partition coefficient (Wildman–Crippen LogP) is 4.03. The summed E-state index contributed by atoms with van der Waals surface area (Å²) in [7, 11) is 0. The van der Waals surface area contributed by atoms with E-state index in [0.29, 0.717) is 18.9 Å². The number of halogens is 2. The van der Waals surface area contributed by atoms with E-state index in [0.717, 1.165) is 36.4 Å².